The van der Waals surface area contributed by atoms with Gasteiger partial charge in [0.2, 0.25) is 5.91 Å². The van der Waals surface area contributed by atoms with Crippen molar-refractivity contribution < 1.29 is 13.6 Å². The highest BCUT2D eigenvalue weighted by atomic mass is 35.5. The second-order valence-corrected chi connectivity index (χ2v) is 6.53. The fraction of sp³-hybridized carbons (Fsp3) is 0.600. The average Bonchev–Trinajstić information content (AvgIpc) is 3.19. The van der Waals surface area contributed by atoms with Crippen LogP contribution < -0.4 is 10.2 Å². The summed E-state index contributed by atoms with van der Waals surface area (Å²) >= 11 is 0. The zero-order chi connectivity index (χ0) is 17.6. The molecule has 0 saturated carbocycles. The first-order valence-electron chi connectivity index (χ1n) is 8.25. The van der Waals surface area contributed by atoms with Gasteiger partial charge < -0.3 is 9.80 Å². The third-order valence-electron chi connectivity index (χ3n) is 4.68. The van der Waals surface area contributed by atoms with E-state index in [0.717, 1.165) is 11.5 Å². The summed E-state index contributed by atoms with van der Waals surface area (Å²) < 4.78 is 28.3. The summed E-state index contributed by atoms with van der Waals surface area (Å²) in [7, 11) is 0. The topological polar surface area (TPSA) is 78.7 Å². The summed E-state index contributed by atoms with van der Waals surface area (Å²) in [4.78, 5) is 24.6. The number of carbonyl (C=O) groups excluding carboxylic acids is 1. The number of aryl methyl sites for hydroxylation is 1. The Hall–Kier alpha value is -1.78. The molecule has 1 atom stereocenters. The standard InChI is InChI=1S/C15H19F2N7O.2ClH/c1-10-6-12(24-14(21-10)19-9-20-24)22-2-4-23(5-3-22)13(25)11-7-15(16,17)8-18-11;;/h6,9,11,18H,2-5,7-8H2,1H3;2*1H. The minimum atomic E-state index is -2.80. The lowest BCUT2D eigenvalue weighted by atomic mass is 10.1. The van der Waals surface area contributed by atoms with Crippen molar-refractivity contribution in [2.24, 2.45) is 0 Å². The van der Waals surface area contributed by atoms with Crippen molar-refractivity contribution in [1.29, 1.82) is 0 Å². The van der Waals surface area contributed by atoms with Gasteiger partial charge in [-0.3, -0.25) is 10.1 Å². The van der Waals surface area contributed by atoms with Gasteiger partial charge in [-0.15, -0.1) is 24.8 Å². The first-order chi connectivity index (χ1) is 11.9. The second-order valence-electron chi connectivity index (χ2n) is 6.53. The molecule has 150 valence electrons. The van der Waals surface area contributed by atoms with Gasteiger partial charge in [-0.25, -0.2) is 13.8 Å². The van der Waals surface area contributed by atoms with Crippen LogP contribution in [0.5, 0.6) is 0 Å². The van der Waals surface area contributed by atoms with Gasteiger partial charge in [-0.05, 0) is 6.92 Å². The van der Waals surface area contributed by atoms with E-state index in [0.29, 0.717) is 32.0 Å². The molecule has 1 amide bonds. The molecule has 27 heavy (non-hydrogen) atoms. The van der Waals surface area contributed by atoms with E-state index in [1.165, 1.54) is 6.33 Å². The van der Waals surface area contributed by atoms with Crippen molar-refractivity contribution in [3.63, 3.8) is 0 Å². The van der Waals surface area contributed by atoms with Gasteiger partial charge in [0.15, 0.2) is 0 Å². The van der Waals surface area contributed by atoms with Crippen molar-refractivity contribution in [2.75, 3.05) is 37.6 Å². The quantitative estimate of drug-likeness (QED) is 0.773. The fourth-order valence-corrected chi connectivity index (χ4v) is 3.40. The van der Waals surface area contributed by atoms with Gasteiger partial charge in [-0.1, -0.05) is 0 Å². The van der Waals surface area contributed by atoms with Gasteiger partial charge in [0.25, 0.3) is 11.7 Å². The van der Waals surface area contributed by atoms with E-state index in [2.05, 4.69) is 25.3 Å². The van der Waals surface area contributed by atoms with Crippen LogP contribution in [-0.4, -0.2) is 75.1 Å². The summed E-state index contributed by atoms with van der Waals surface area (Å²) in [6.45, 7) is 3.65. The molecule has 4 heterocycles. The highest BCUT2D eigenvalue weighted by molar-refractivity contribution is 5.85. The number of hydrogen-bond acceptors (Lipinski definition) is 6. The molecule has 2 saturated heterocycles. The Morgan fingerprint density at radius 2 is 1.96 bits per heavy atom. The molecular formula is C15H21Cl2F2N7O. The predicted octanol–water partition coefficient (Wildman–Crippen LogP) is 0.922. The lowest BCUT2D eigenvalue weighted by Gasteiger charge is -2.37. The zero-order valence-electron chi connectivity index (χ0n) is 14.6. The molecule has 0 aliphatic carbocycles. The maximum atomic E-state index is 13.3. The highest BCUT2D eigenvalue weighted by Gasteiger charge is 2.43. The van der Waals surface area contributed by atoms with Crippen LogP contribution in [-0.2, 0) is 4.79 Å². The Morgan fingerprint density at radius 3 is 2.59 bits per heavy atom. The number of alkyl halides is 2. The molecule has 8 nitrogen and oxygen atoms in total. The lowest BCUT2D eigenvalue weighted by Crippen LogP contribution is -2.53. The number of piperazine rings is 1. The number of carbonyl (C=O) groups is 1. The third kappa shape index (κ3) is 4.22. The molecule has 2 aromatic rings. The van der Waals surface area contributed by atoms with Gasteiger partial charge in [0.05, 0.1) is 12.6 Å². The Balaban J connectivity index is 0.00000131. The van der Waals surface area contributed by atoms with E-state index in [1.54, 1.807) is 9.42 Å². The molecule has 1 N–H and O–H groups in total. The number of hydrogen-bond donors (Lipinski definition) is 1. The van der Waals surface area contributed by atoms with Crippen LogP contribution >= 0.6 is 24.8 Å². The maximum Gasteiger partial charge on any atom is 0.262 e. The number of amides is 1. The van der Waals surface area contributed by atoms with Crippen molar-refractivity contribution in [1.82, 2.24) is 29.8 Å². The summed E-state index contributed by atoms with van der Waals surface area (Å²) in [5.74, 6) is -1.63. The van der Waals surface area contributed by atoms with Crippen LogP contribution in [0.1, 0.15) is 12.1 Å². The molecule has 4 rings (SSSR count). The Kier molecular flexibility index (Phi) is 6.43. The predicted molar refractivity (Wildman–Crippen MR) is 100 cm³/mol. The van der Waals surface area contributed by atoms with Gasteiger partial charge in [0.1, 0.15) is 12.1 Å². The molecule has 0 radical (unpaired) electrons. The monoisotopic (exact) mass is 423 g/mol. The summed E-state index contributed by atoms with van der Waals surface area (Å²) in [5.41, 5.74) is 0.839. The number of rotatable bonds is 2. The molecule has 0 aromatic carbocycles. The summed E-state index contributed by atoms with van der Waals surface area (Å²) in [5, 5.41) is 6.83. The molecule has 2 aliphatic heterocycles. The Morgan fingerprint density at radius 1 is 1.26 bits per heavy atom. The number of nitrogens with zero attached hydrogens (tertiary/aromatic N) is 6. The largest absolute Gasteiger partial charge is 0.353 e. The molecular weight excluding hydrogens is 403 g/mol. The molecule has 2 aromatic heterocycles. The second kappa shape index (κ2) is 8.07. The van der Waals surface area contributed by atoms with Crippen LogP contribution in [0.15, 0.2) is 12.4 Å². The number of nitrogens with one attached hydrogen (secondary N) is 1. The van der Waals surface area contributed by atoms with Gasteiger partial charge in [-0.2, -0.15) is 14.6 Å². The van der Waals surface area contributed by atoms with E-state index in [4.69, 9.17) is 0 Å². The van der Waals surface area contributed by atoms with E-state index in [-0.39, 0.29) is 30.7 Å². The van der Waals surface area contributed by atoms with Crippen LogP contribution in [0, 0.1) is 6.92 Å². The number of halogens is 4. The summed E-state index contributed by atoms with van der Waals surface area (Å²) in [6, 6.07) is 1.14. The maximum absolute atomic E-state index is 13.3. The SMILES string of the molecule is Cc1cc(N2CCN(C(=O)C3CC(F)(F)CN3)CC2)n2ncnc2n1.Cl.Cl. The average molecular weight is 424 g/mol. The Bertz CT molecular complexity index is 811. The van der Waals surface area contributed by atoms with Crippen LogP contribution in [0.3, 0.4) is 0 Å². The van der Waals surface area contributed by atoms with E-state index in [9.17, 15) is 13.6 Å². The molecule has 12 heteroatoms. The van der Waals surface area contributed by atoms with E-state index in [1.807, 2.05) is 13.0 Å². The molecule has 0 bridgehead atoms. The normalized spacial score (nSPS) is 21.7. The van der Waals surface area contributed by atoms with Crippen LogP contribution in [0.25, 0.3) is 5.78 Å². The number of anilines is 1. The van der Waals surface area contributed by atoms with Crippen molar-refractivity contribution in [2.45, 2.75) is 25.3 Å². The minimum absolute atomic E-state index is 0. The number of fused-ring (bicyclic) bond motifs is 1. The highest BCUT2D eigenvalue weighted by Crippen LogP contribution is 2.26. The number of aromatic nitrogens is 4. The van der Waals surface area contributed by atoms with E-state index >= 15 is 0 Å². The summed E-state index contributed by atoms with van der Waals surface area (Å²) in [6.07, 6.45) is 1.03. The first kappa shape index (κ1) is 21.5. The van der Waals surface area contributed by atoms with Crippen molar-refractivity contribution in [3.05, 3.63) is 18.1 Å². The third-order valence-corrected chi connectivity index (χ3v) is 4.68. The molecule has 2 fully saturated rings. The molecule has 0 spiro atoms. The molecule has 1 unspecified atom stereocenters. The van der Waals surface area contributed by atoms with Crippen molar-refractivity contribution in [3.8, 4) is 0 Å². The van der Waals surface area contributed by atoms with Gasteiger partial charge >= 0.3 is 0 Å². The van der Waals surface area contributed by atoms with Crippen molar-refractivity contribution >= 4 is 42.3 Å². The smallest absolute Gasteiger partial charge is 0.262 e. The Labute approximate surface area is 167 Å². The minimum Gasteiger partial charge on any atom is -0.353 e. The van der Waals surface area contributed by atoms with Crippen LogP contribution in [0.4, 0.5) is 14.6 Å². The van der Waals surface area contributed by atoms with E-state index < -0.39 is 24.9 Å². The molecule has 2 aliphatic rings. The zero-order valence-corrected chi connectivity index (χ0v) is 16.3. The van der Waals surface area contributed by atoms with Gasteiger partial charge in [0, 0.05) is 44.4 Å². The van der Waals surface area contributed by atoms with Crippen LogP contribution in [0.2, 0.25) is 0 Å². The lowest BCUT2D eigenvalue weighted by molar-refractivity contribution is -0.134. The first-order valence-corrected chi connectivity index (χ1v) is 8.25. The fourth-order valence-electron chi connectivity index (χ4n) is 3.40.